The Hall–Kier alpha value is -0.450. The van der Waals surface area contributed by atoms with E-state index < -0.39 is 0 Å². The predicted octanol–water partition coefficient (Wildman–Crippen LogP) is 2.52. The smallest absolute Gasteiger partial charge is 0.0954 e. The molecule has 0 saturated carbocycles. The molecule has 1 unspecified atom stereocenters. The van der Waals surface area contributed by atoms with Gasteiger partial charge in [0.05, 0.1) is 10.7 Å². The minimum Gasteiger partial charge on any atom is -0.396 e. The fraction of sp³-hybridized carbons (Fsp3) is 0.750. The first-order chi connectivity index (χ1) is 7.67. The van der Waals surface area contributed by atoms with Gasteiger partial charge in [0.25, 0.3) is 0 Å². The number of hydrogen-bond donors (Lipinski definition) is 2. The first kappa shape index (κ1) is 13.6. The van der Waals surface area contributed by atoms with E-state index in [-0.39, 0.29) is 6.61 Å². The molecule has 16 heavy (non-hydrogen) atoms. The maximum Gasteiger partial charge on any atom is 0.0954 e. The molecule has 0 aliphatic carbocycles. The third kappa shape index (κ3) is 4.20. The molecule has 0 fully saturated rings. The second kappa shape index (κ2) is 6.99. The number of hydrogen-bond acceptors (Lipinski definition) is 4. The van der Waals surface area contributed by atoms with Crippen molar-refractivity contribution < 1.29 is 5.11 Å². The molecule has 0 saturated heterocycles. The molecule has 92 valence electrons. The monoisotopic (exact) mass is 242 g/mol. The minimum absolute atomic E-state index is 0.250. The average Bonchev–Trinajstić information content (AvgIpc) is 2.73. The Morgan fingerprint density at radius 1 is 1.50 bits per heavy atom. The Bertz CT molecular complexity index is 299. The van der Waals surface area contributed by atoms with Crippen molar-refractivity contribution in [2.24, 2.45) is 0 Å². The van der Waals surface area contributed by atoms with Crippen molar-refractivity contribution in [3.8, 4) is 0 Å². The summed E-state index contributed by atoms with van der Waals surface area (Å²) < 4.78 is 0. The van der Waals surface area contributed by atoms with Gasteiger partial charge in [0, 0.05) is 30.5 Å². The van der Waals surface area contributed by atoms with E-state index in [9.17, 15) is 0 Å². The molecule has 0 aliphatic rings. The molecular weight excluding hydrogens is 220 g/mol. The molecule has 0 aromatic carbocycles. The zero-order valence-electron chi connectivity index (χ0n) is 10.4. The number of nitrogens with zero attached hydrogens (tertiary/aromatic N) is 1. The fourth-order valence-electron chi connectivity index (χ4n) is 1.52. The Balaban J connectivity index is 2.41. The van der Waals surface area contributed by atoms with E-state index in [1.54, 1.807) is 11.3 Å². The van der Waals surface area contributed by atoms with E-state index in [2.05, 4.69) is 36.5 Å². The van der Waals surface area contributed by atoms with Crippen LogP contribution in [0.15, 0.2) is 5.38 Å². The first-order valence-corrected chi connectivity index (χ1v) is 6.83. The molecule has 2 N–H and O–H groups in total. The lowest BCUT2D eigenvalue weighted by Gasteiger charge is -2.14. The lowest BCUT2D eigenvalue weighted by Crippen LogP contribution is -2.28. The van der Waals surface area contributed by atoms with Crippen molar-refractivity contribution in [3.63, 3.8) is 0 Å². The van der Waals surface area contributed by atoms with Crippen molar-refractivity contribution in [2.75, 3.05) is 6.61 Å². The molecule has 0 aliphatic heterocycles. The van der Waals surface area contributed by atoms with Crippen LogP contribution in [0.2, 0.25) is 0 Å². The second-order valence-corrected chi connectivity index (χ2v) is 5.22. The molecular formula is C12H22N2OS. The van der Waals surface area contributed by atoms with E-state index >= 15 is 0 Å². The second-order valence-electron chi connectivity index (χ2n) is 4.33. The van der Waals surface area contributed by atoms with Crippen LogP contribution in [0.4, 0.5) is 0 Å². The summed E-state index contributed by atoms with van der Waals surface area (Å²) in [7, 11) is 0. The fourth-order valence-corrected chi connectivity index (χ4v) is 2.36. The highest BCUT2D eigenvalue weighted by atomic mass is 32.1. The minimum atomic E-state index is 0.250. The van der Waals surface area contributed by atoms with Crippen LogP contribution in [0.3, 0.4) is 0 Å². The van der Waals surface area contributed by atoms with Crippen LogP contribution < -0.4 is 5.32 Å². The third-order valence-corrected chi connectivity index (χ3v) is 3.80. The van der Waals surface area contributed by atoms with Crippen molar-refractivity contribution in [2.45, 2.75) is 52.1 Å². The first-order valence-electron chi connectivity index (χ1n) is 5.95. The molecule has 4 heteroatoms. The van der Waals surface area contributed by atoms with Crippen molar-refractivity contribution in [1.29, 1.82) is 0 Å². The van der Waals surface area contributed by atoms with Gasteiger partial charge in [0.1, 0.15) is 0 Å². The van der Waals surface area contributed by atoms with E-state index in [0.29, 0.717) is 12.0 Å². The standard InChI is InChI=1S/C12H22N2OS/c1-4-10(5-6-15)13-7-11-8-16-12(14-11)9(2)3/h8-10,13,15H,4-7H2,1-3H3. The number of aromatic nitrogens is 1. The van der Waals surface area contributed by atoms with Crippen LogP contribution >= 0.6 is 11.3 Å². The summed E-state index contributed by atoms with van der Waals surface area (Å²) in [6, 6.07) is 0.397. The van der Waals surface area contributed by atoms with Crippen molar-refractivity contribution in [1.82, 2.24) is 10.3 Å². The van der Waals surface area contributed by atoms with Gasteiger partial charge in [-0.05, 0) is 12.8 Å². The van der Waals surface area contributed by atoms with Crippen molar-refractivity contribution >= 4 is 11.3 Å². The zero-order valence-corrected chi connectivity index (χ0v) is 11.2. The van der Waals surface area contributed by atoms with Gasteiger partial charge in [-0.15, -0.1) is 11.3 Å². The highest BCUT2D eigenvalue weighted by Gasteiger charge is 2.08. The van der Waals surface area contributed by atoms with Crippen LogP contribution in [0.25, 0.3) is 0 Å². The summed E-state index contributed by atoms with van der Waals surface area (Å²) in [5.74, 6) is 0.512. The third-order valence-electron chi connectivity index (χ3n) is 2.61. The van der Waals surface area contributed by atoms with Gasteiger partial charge in [-0.3, -0.25) is 0 Å². The summed E-state index contributed by atoms with van der Waals surface area (Å²) in [5, 5.41) is 15.6. The summed E-state index contributed by atoms with van der Waals surface area (Å²) in [6.45, 7) is 7.52. The molecule has 1 heterocycles. The Labute approximate surface area is 102 Å². The summed E-state index contributed by atoms with van der Waals surface area (Å²) in [5.41, 5.74) is 1.12. The van der Waals surface area contributed by atoms with Crippen LogP contribution in [-0.4, -0.2) is 22.7 Å². The number of aliphatic hydroxyl groups is 1. The maximum absolute atomic E-state index is 8.89. The zero-order chi connectivity index (χ0) is 12.0. The number of thiazole rings is 1. The van der Waals surface area contributed by atoms with Crippen LogP contribution in [0.5, 0.6) is 0 Å². The Morgan fingerprint density at radius 3 is 2.75 bits per heavy atom. The van der Waals surface area contributed by atoms with Crippen molar-refractivity contribution in [3.05, 3.63) is 16.1 Å². The summed E-state index contributed by atoms with van der Waals surface area (Å²) >= 11 is 1.73. The quantitative estimate of drug-likeness (QED) is 0.772. The van der Waals surface area contributed by atoms with E-state index in [0.717, 1.165) is 25.1 Å². The van der Waals surface area contributed by atoms with Gasteiger partial charge >= 0.3 is 0 Å². The SMILES string of the molecule is CCC(CCO)NCc1csc(C(C)C)n1. The maximum atomic E-state index is 8.89. The van der Waals surface area contributed by atoms with Crippen LogP contribution in [0.1, 0.15) is 50.2 Å². The molecule has 3 nitrogen and oxygen atoms in total. The largest absolute Gasteiger partial charge is 0.396 e. The van der Waals surface area contributed by atoms with Crippen LogP contribution in [-0.2, 0) is 6.54 Å². The molecule has 1 aromatic rings. The highest BCUT2D eigenvalue weighted by molar-refractivity contribution is 7.09. The molecule has 1 rings (SSSR count). The Morgan fingerprint density at radius 2 is 2.25 bits per heavy atom. The lowest BCUT2D eigenvalue weighted by atomic mass is 10.1. The van der Waals surface area contributed by atoms with Crippen LogP contribution in [0, 0.1) is 0 Å². The number of rotatable bonds is 7. The van der Waals surface area contributed by atoms with Gasteiger partial charge in [-0.25, -0.2) is 4.98 Å². The number of aliphatic hydroxyl groups excluding tert-OH is 1. The molecule has 0 amide bonds. The van der Waals surface area contributed by atoms with Gasteiger partial charge in [0.2, 0.25) is 0 Å². The van der Waals surface area contributed by atoms with Gasteiger partial charge in [0.15, 0.2) is 0 Å². The highest BCUT2D eigenvalue weighted by Crippen LogP contribution is 2.19. The Kier molecular flexibility index (Phi) is 5.95. The molecule has 1 atom stereocenters. The molecule has 1 aromatic heterocycles. The summed E-state index contributed by atoms with van der Waals surface area (Å²) in [6.07, 6.45) is 1.86. The van der Waals surface area contributed by atoms with Gasteiger partial charge in [-0.2, -0.15) is 0 Å². The molecule has 0 bridgehead atoms. The van der Waals surface area contributed by atoms with E-state index in [4.69, 9.17) is 5.11 Å². The van der Waals surface area contributed by atoms with Gasteiger partial charge in [-0.1, -0.05) is 20.8 Å². The topological polar surface area (TPSA) is 45.1 Å². The number of nitrogens with one attached hydrogen (secondary N) is 1. The van der Waals surface area contributed by atoms with Gasteiger partial charge < -0.3 is 10.4 Å². The normalized spacial score (nSPS) is 13.3. The average molecular weight is 242 g/mol. The molecule has 0 spiro atoms. The predicted molar refractivity (Wildman–Crippen MR) is 68.8 cm³/mol. The van der Waals surface area contributed by atoms with E-state index in [1.165, 1.54) is 5.01 Å². The molecule has 0 radical (unpaired) electrons. The lowest BCUT2D eigenvalue weighted by molar-refractivity contribution is 0.262. The van der Waals surface area contributed by atoms with E-state index in [1.807, 2.05) is 0 Å². The summed E-state index contributed by atoms with van der Waals surface area (Å²) in [4.78, 5) is 4.57.